The number of ether oxygens (including phenoxy) is 1. The number of carbonyl (C=O) groups excluding carboxylic acids is 1. The summed E-state index contributed by atoms with van der Waals surface area (Å²) in [5, 5.41) is 2.86. The first-order valence-corrected chi connectivity index (χ1v) is 8.69. The van der Waals surface area contributed by atoms with E-state index < -0.39 is 0 Å². The van der Waals surface area contributed by atoms with E-state index in [0.29, 0.717) is 5.69 Å². The third-order valence-electron chi connectivity index (χ3n) is 4.25. The van der Waals surface area contributed by atoms with Crippen LogP contribution in [0.5, 0.6) is 5.75 Å². The van der Waals surface area contributed by atoms with Crippen molar-refractivity contribution in [3.8, 4) is 17.0 Å². The molecule has 1 N–H and O–H groups in total. The van der Waals surface area contributed by atoms with E-state index in [9.17, 15) is 9.59 Å². The summed E-state index contributed by atoms with van der Waals surface area (Å²) in [6.07, 6.45) is 2.21. The van der Waals surface area contributed by atoms with Gasteiger partial charge in [-0.05, 0) is 42.3 Å². The molecule has 3 rings (SSSR count). The van der Waals surface area contributed by atoms with Gasteiger partial charge < -0.3 is 10.1 Å². The monoisotopic (exact) mass is 363 g/mol. The molecule has 2 aromatic carbocycles. The number of methoxy groups -OCH3 is 1. The minimum absolute atomic E-state index is 0.0905. The van der Waals surface area contributed by atoms with Gasteiger partial charge in [-0.1, -0.05) is 25.1 Å². The zero-order valence-corrected chi connectivity index (χ0v) is 15.3. The minimum Gasteiger partial charge on any atom is -0.497 e. The molecule has 0 saturated carbocycles. The number of amides is 1. The van der Waals surface area contributed by atoms with Crippen molar-refractivity contribution >= 4 is 11.6 Å². The van der Waals surface area contributed by atoms with Gasteiger partial charge in [0.1, 0.15) is 12.3 Å². The minimum atomic E-state index is -0.283. The van der Waals surface area contributed by atoms with Crippen LogP contribution in [0.3, 0.4) is 0 Å². The lowest BCUT2D eigenvalue weighted by Gasteiger charge is -2.11. The summed E-state index contributed by atoms with van der Waals surface area (Å²) in [4.78, 5) is 29.0. The highest BCUT2D eigenvalue weighted by Crippen LogP contribution is 2.19. The Morgan fingerprint density at radius 2 is 1.89 bits per heavy atom. The Hall–Kier alpha value is -3.41. The molecule has 1 heterocycles. The molecule has 0 saturated heterocycles. The Bertz CT molecular complexity index is 994. The summed E-state index contributed by atoms with van der Waals surface area (Å²) in [5.74, 6) is 0.466. The molecule has 0 fully saturated rings. The van der Waals surface area contributed by atoms with Crippen molar-refractivity contribution in [3.05, 3.63) is 76.8 Å². The molecule has 0 aliphatic heterocycles. The second-order valence-corrected chi connectivity index (χ2v) is 6.03. The van der Waals surface area contributed by atoms with Crippen molar-refractivity contribution in [2.45, 2.75) is 19.9 Å². The smallest absolute Gasteiger partial charge is 0.254 e. The van der Waals surface area contributed by atoms with Crippen LogP contribution in [-0.2, 0) is 17.8 Å². The normalized spacial score (nSPS) is 10.4. The van der Waals surface area contributed by atoms with Gasteiger partial charge in [0.15, 0.2) is 0 Å². The maximum Gasteiger partial charge on any atom is 0.254 e. The SMILES string of the molecule is CCc1ccccc1NC(=O)Cn1cnc(-c2ccc(OC)cc2)cc1=O. The van der Waals surface area contributed by atoms with Gasteiger partial charge in [0, 0.05) is 17.3 Å². The molecule has 0 aliphatic carbocycles. The topological polar surface area (TPSA) is 73.2 Å². The van der Waals surface area contributed by atoms with Gasteiger partial charge in [-0.15, -0.1) is 0 Å². The summed E-state index contributed by atoms with van der Waals surface area (Å²) >= 11 is 0. The average molecular weight is 363 g/mol. The molecule has 0 bridgehead atoms. The molecule has 0 aliphatic rings. The Kier molecular flexibility index (Phi) is 5.66. The van der Waals surface area contributed by atoms with Crippen LogP contribution in [-0.4, -0.2) is 22.6 Å². The van der Waals surface area contributed by atoms with Gasteiger partial charge in [0.2, 0.25) is 5.91 Å². The van der Waals surface area contributed by atoms with E-state index in [-0.39, 0.29) is 18.0 Å². The zero-order chi connectivity index (χ0) is 19.2. The van der Waals surface area contributed by atoms with Crippen molar-refractivity contribution in [3.63, 3.8) is 0 Å². The van der Waals surface area contributed by atoms with Gasteiger partial charge in [0.25, 0.3) is 5.56 Å². The van der Waals surface area contributed by atoms with E-state index >= 15 is 0 Å². The molecule has 0 unspecified atom stereocenters. The first-order valence-electron chi connectivity index (χ1n) is 8.69. The Morgan fingerprint density at radius 1 is 1.15 bits per heavy atom. The molecule has 0 atom stereocenters. The van der Waals surface area contributed by atoms with Crippen molar-refractivity contribution in [2.24, 2.45) is 0 Å². The average Bonchev–Trinajstić information content (AvgIpc) is 2.70. The van der Waals surface area contributed by atoms with Gasteiger partial charge in [-0.3, -0.25) is 14.2 Å². The second kappa shape index (κ2) is 8.31. The molecule has 6 heteroatoms. The highest BCUT2D eigenvalue weighted by molar-refractivity contribution is 5.91. The van der Waals surface area contributed by atoms with E-state index in [1.807, 2.05) is 43.3 Å². The van der Waals surface area contributed by atoms with Crippen molar-refractivity contribution in [2.75, 3.05) is 12.4 Å². The lowest BCUT2D eigenvalue weighted by molar-refractivity contribution is -0.116. The van der Waals surface area contributed by atoms with Gasteiger partial charge >= 0.3 is 0 Å². The quantitative estimate of drug-likeness (QED) is 0.730. The van der Waals surface area contributed by atoms with Crippen LogP contribution in [0.25, 0.3) is 11.3 Å². The number of hydrogen-bond donors (Lipinski definition) is 1. The maximum atomic E-state index is 12.4. The highest BCUT2D eigenvalue weighted by atomic mass is 16.5. The van der Waals surface area contributed by atoms with E-state index in [4.69, 9.17) is 4.74 Å². The fourth-order valence-electron chi connectivity index (χ4n) is 2.76. The summed E-state index contributed by atoms with van der Waals surface area (Å²) in [6, 6.07) is 16.3. The van der Waals surface area contributed by atoms with E-state index in [0.717, 1.165) is 29.0 Å². The molecule has 138 valence electrons. The zero-order valence-electron chi connectivity index (χ0n) is 15.3. The summed E-state index contributed by atoms with van der Waals surface area (Å²) in [7, 11) is 1.60. The summed E-state index contributed by atoms with van der Waals surface area (Å²) < 4.78 is 6.41. The maximum absolute atomic E-state index is 12.4. The molecule has 1 amide bonds. The number of benzene rings is 2. The molecule has 0 radical (unpaired) electrons. The number of aromatic nitrogens is 2. The number of anilines is 1. The van der Waals surface area contributed by atoms with Crippen LogP contribution >= 0.6 is 0 Å². The van der Waals surface area contributed by atoms with Crippen LogP contribution in [0.15, 0.2) is 65.7 Å². The lowest BCUT2D eigenvalue weighted by atomic mass is 10.1. The Balaban J connectivity index is 1.74. The van der Waals surface area contributed by atoms with Gasteiger partial charge in [0.05, 0.1) is 19.1 Å². The van der Waals surface area contributed by atoms with Gasteiger partial charge in [-0.25, -0.2) is 4.98 Å². The van der Waals surface area contributed by atoms with E-state index in [2.05, 4.69) is 10.3 Å². The predicted molar refractivity (Wildman–Crippen MR) is 105 cm³/mol. The summed E-state index contributed by atoms with van der Waals surface area (Å²) in [5.41, 5.74) is 2.89. The third-order valence-corrected chi connectivity index (χ3v) is 4.25. The lowest BCUT2D eigenvalue weighted by Crippen LogP contribution is -2.27. The largest absolute Gasteiger partial charge is 0.497 e. The number of nitrogens with zero attached hydrogens (tertiary/aromatic N) is 2. The number of hydrogen-bond acceptors (Lipinski definition) is 4. The third kappa shape index (κ3) is 4.41. The predicted octanol–water partition coefficient (Wildman–Crippen LogP) is 3.12. The first-order chi connectivity index (χ1) is 13.1. The number of para-hydroxylation sites is 1. The Morgan fingerprint density at radius 3 is 2.56 bits per heavy atom. The fourth-order valence-corrected chi connectivity index (χ4v) is 2.76. The standard InChI is InChI=1S/C21H21N3O3/c1-3-15-6-4-5-7-18(15)23-20(25)13-24-14-22-19(12-21(24)26)16-8-10-17(27-2)11-9-16/h4-12,14H,3,13H2,1-2H3,(H,23,25). The van der Waals surface area contributed by atoms with Crippen molar-refractivity contribution in [1.29, 1.82) is 0 Å². The van der Waals surface area contributed by atoms with Crippen LogP contribution in [0.2, 0.25) is 0 Å². The molecule has 1 aromatic heterocycles. The summed E-state index contributed by atoms with van der Waals surface area (Å²) in [6.45, 7) is 1.93. The van der Waals surface area contributed by atoms with Crippen LogP contribution in [0.1, 0.15) is 12.5 Å². The molecule has 6 nitrogen and oxygen atoms in total. The van der Waals surface area contributed by atoms with Crippen molar-refractivity contribution < 1.29 is 9.53 Å². The first kappa shape index (κ1) is 18.4. The van der Waals surface area contributed by atoms with Crippen LogP contribution in [0, 0.1) is 0 Å². The molecule has 3 aromatic rings. The molecular weight excluding hydrogens is 342 g/mol. The molecule has 27 heavy (non-hydrogen) atoms. The van der Waals surface area contributed by atoms with Gasteiger partial charge in [-0.2, -0.15) is 0 Å². The van der Waals surface area contributed by atoms with Crippen LogP contribution < -0.4 is 15.6 Å². The molecular formula is C21H21N3O3. The van der Waals surface area contributed by atoms with Crippen molar-refractivity contribution in [1.82, 2.24) is 9.55 Å². The number of aryl methyl sites for hydroxylation is 1. The molecule has 0 spiro atoms. The number of rotatable bonds is 6. The van der Waals surface area contributed by atoms with E-state index in [1.54, 1.807) is 19.2 Å². The van der Waals surface area contributed by atoms with Crippen LogP contribution in [0.4, 0.5) is 5.69 Å². The Labute approximate surface area is 157 Å². The van der Waals surface area contributed by atoms with E-state index in [1.165, 1.54) is 17.0 Å². The number of carbonyl (C=O) groups is 1. The number of nitrogens with one attached hydrogen (secondary N) is 1. The second-order valence-electron chi connectivity index (χ2n) is 6.03. The highest BCUT2D eigenvalue weighted by Gasteiger charge is 2.09. The fraction of sp³-hybridized carbons (Fsp3) is 0.190.